The second-order valence-corrected chi connectivity index (χ2v) is 8.89. The Balaban J connectivity index is 2.17. The fourth-order valence-corrected chi connectivity index (χ4v) is 3.76. The van der Waals surface area contributed by atoms with Crippen molar-refractivity contribution in [3.8, 4) is 0 Å². The van der Waals surface area contributed by atoms with Gasteiger partial charge in [-0.25, -0.2) is 0 Å². The molecule has 2 aromatic carbocycles. The van der Waals surface area contributed by atoms with Crippen molar-refractivity contribution in [1.82, 2.24) is 10.7 Å². The van der Waals surface area contributed by atoms with Gasteiger partial charge in [-0.1, -0.05) is 29.3 Å². The van der Waals surface area contributed by atoms with Crippen LogP contribution in [0.4, 0.5) is 5.69 Å². The van der Waals surface area contributed by atoms with Gasteiger partial charge >= 0.3 is 0 Å². The zero-order valence-electron chi connectivity index (χ0n) is 13.0. The summed E-state index contributed by atoms with van der Waals surface area (Å²) in [5.41, 5.74) is 5.40. The third-order valence-corrected chi connectivity index (χ3v) is 5.43. The first-order valence-electron chi connectivity index (χ1n) is 6.91. The van der Waals surface area contributed by atoms with Gasteiger partial charge in [-0.2, -0.15) is 16.8 Å². The van der Waals surface area contributed by atoms with Crippen LogP contribution < -0.4 is 10.9 Å². The minimum absolute atomic E-state index is 0.0233. The number of fused-ring (bicyclic) bond motifs is 1. The summed E-state index contributed by atoms with van der Waals surface area (Å²) < 4.78 is 64.3. The number of nitrogens with one attached hydrogen (secondary N) is 2. The van der Waals surface area contributed by atoms with E-state index in [1.807, 2.05) is 0 Å². The maximum atomic E-state index is 11.6. The normalized spacial score (nSPS) is 15.2. The Bertz CT molecular complexity index is 1210. The average molecular weight is 453 g/mol. The second kappa shape index (κ2) is 6.82. The minimum atomic E-state index is -4.62. The fraction of sp³-hybridized carbons (Fsp3) is 0. The lowest BCUT2D eigenvalue weighted by atomic mass is 10.1. The molecule has 0 bridgehead atoms. The van der Waals surface area contributed by atoms with E-state index in [2.05, 4.69) is 16.0 Å². The van der Waals surface area contributed by atoms with Crippen LogP contribution in [0.15, 0.2) is 56.5 Å². The molecule has 0 radical (unpaired) electrons. The van der Waals surface area contributed by atoms with Gasteiger partial charge in [0.2, 0.25) is 0 Å². The van der Waals surface area contributed by atoms with Gasteiger partial charge in [-0.3, -0.25) is 20.0 Å². The zero-order valence-corrected chi connectivity index (χ0v) is 16.1. The lowest BCUT2D eigenvalue weighted by Crippen LogP contribution is -2.39. The number of allylic oxidation sites excluding steroid dienone is 1. The number of anilines is 1. The van der Waals surface area contributed by atoms with Gasteiger partial charge in [-0.05, 0) is 29.7 Å². The maximum Gasteiger partial charge on any atom is 0.294 e. The van der Waals surface area contributed by atoms with Gasteiger partial charge in [0.1, 0.15) is 5.16 Å². The first-order chi connectivity index (χ1) is 12.4. The van der Waals surface area contributed by atoms with E-state index in [0.29, 0.717) is 5.39 Å². The molecule has 0 saturated carbocycles. The molecular formula is C13H10Cl2N4O6S2. The van der Waals surface area contributed by atoms with E-state index in [9.17, 15) is 25.9 Å². The van der Waals surface area contributed by atoms with Crippen LogP contribution >= 0.6 is 23.2 Å². The number of hydrogen-bond donors (Lipinski definition) is 4. The van der Waals surface area contributed by atoms with Gasteiger partial charge in [0, 0.05) is 11.5 Å². The van der Waals surface area contributed by atoms with Gasteiger partial charge in [-0.15, -0.1) is 10.3 Å². The van der Waals surface area contributed by atoms with Crippen molar-refractivity contribution < 1.29 is 25.9 Å². The van der Waals surface area contributed by atoms with Crippen LogP contribution in [-0.2, 0) is 20.2 Å². The first kappa shape index (κ1) is 19.7. The Morgan fingerprint density at radius 3 is 2.22 bits per heavy atom. The molecule has 3 rings (SSSR count). The molecule has 4 N–H and O–H groups in total. The molecule has 144 valence electrons. The highest BCUT2D eigenvalue weighted by Crippen LogP contribution is 2.30. The minimum Gasteiger partial charge on any atom is -0.282 e. The molecule has 27 heavy (non-hydrogen) atoms. The van der Waals surface area contributed by atoms with E-state index in [4.69, 9.17) is 23.2 Å². The van der Waals surface area contributed by atoms with Crippen molar-refractivity contribution in [3.05, 3.63) is 41.6 Å². The van der Waals surface area contributed by atoms with Crippen molar-refractivity contribution in [1.29, 1.82) is 0 Å². The third kappa shape index (κ3) is 4.43. The molecule has 2 aromatic rings. The number of hydrogen-bond acceptors (Lipinski definition) is 8. The van der Waals surface area contributed by atoms with E-state index >= 15 is 0 Å². The molecule has 0 fully saturated rings. The van der Waals surface area contributed by atoms with Crippen molar-refractivity contribution in [2.75, 3.05) is 5.43 Å². The molecule has 14 heteroatoms. The standard InChI is InChI=1S/C13H10Cl2N4O6S2/c14-12-6-13(15)18-19(17-12)16-11-5-9(27(23,24)25)4-7-3-8(26(20,21)22)1-2-10(7)11/h1-6,16-17H,(H,20,21,22)(H,23,24,25). The maximum absolute atomic E-state index is 11.6. The van der Waals surface area contributed by atoms with Crippen molar-refractivity contribution in [3.63, 3.8) is 0 Å². The molecule has 0 saturated heterocycles. The predicted octanol–water partition coefficient (Wildman–Crippen LogP) is 2.11. The molecular weight excluding hydrogens is 443 g/mol. The molecule has 0 atom stereocenters. The average Bonchev–Trinajstić information content (AvgIpc) is 2.51. The zero-order chi connectivity index (χ0) is 20.0. The number of hydrazone groups is 1. The summed E-state index contributed by atoms with van der Waals surface area (Å²) >= 11 is 11.6. The van der Waals surface area contributed by atoms with Crippen LogP contribution in [0, 0.1) is 0 Å². The molecule has 0 amide bonds. The highest BCUT2D eigenvalue weighted by molar-refractivity contribution is 7.86. The van der Waals surface area contributed by atoms with Crippen LogP contribution in [-0.4, -0.2) is 36.3 Å². The molecule has 0 aromatic heterocycles. The summed E-state index contributed by atoms with van der Waals surface area (Å²) in [5, 5.41) is 5.46. The molecule has 1 heterocycles. The summed E-state index contributed by atoms with van der Waals surface area (Å²) in [7, 11) is -9.13. The fourth-order valence-electron chi connectivity index (χ4n) is 2.28. The van der Waals surface area contributed by atoms with Crippen molar-refractivity contribution in [2.45, 2.75) is 9.79 Å². The number of halogens is 2. The van der Waals surface area contributed by atoms with Crippen LogP contribution in [0.25, 0.3) is 10.8 Å². The van der Waals surface area contributed by atoms with Gasteiger partial charge < -0.3 is 0 Å². The molecule has 1 aliphatic rings. The summed E-state index contributed by atoms with van der Waals surface area (Å²) in [5.74, 6) is 0. The van der Waals surface area contributed by atoms with Crippen molar-refractivity contribution >= 4 is 65.1 Å². The Kier molecular flexibility index (Phi) is 4.96. The van der Waals surface area contributed by atoms with Crippen LogP contribution in [0.3, 0.4) is 0 Å². The van der Waals surface area contributed by atoms with E-state index in [1.165, 1.54) is 12.1 Å². The number of benzene rings is 2. The van der Waals surface area contributed by atoms with Gasteiger partial charge in [0.25, 0.3) is 20.2 Å². The largest absolute Gasteiger partial charge is 0.294 e. The summed E-state index contributed by atoms with van der Waals surface area (Å²) in [6.45, 7) is 0. The summed E-state index contributed by atoms with van der Waals surface area (Å²) in [6, 6.07) is 5.67. The highest BCUT2D eigenvalue weighted by atomic mass is 35.5. The summed E-state index contributed by atoms with van der Waals surface area (Å²) in [4.78, 5) is -0.963. The van der Waals surface area contributed by atoms with Gasteiger partial charge in [0.05, 0.1) is 15.5 Å². The van der Waals surface area contributed by atoms with E-state index in [1.54, 1.807) is 0 Å². The molecule has 0 aliphatic carbocycles. The van der Waals surface area contributed by atoms with Crippen molar-refractivity contribution in [2.24, 2.45) is 5.10 Å². The van der Waals surface area contributed by atoms with Crippen LogP contribution in [0.2, 0.25) is 0 Å². The summed E-state index contributed by atoms with van der Waals surface area (Å²) in [6.07, 6.45) is 1.33. The van der Waals surface area contributed by atoms with E-state index < -0.39 is 30.0 Å². The smallest absolute Gasteiger partial charge is 0.282 e. The monoisotopic (exact) mass is 452 g/mol. The Labute approximate surface area is 163 Å². The topological polar surface area (TPSA) is 148 Å². The Morgan fingerprint density at radius 2 is 1.63 bits per heavy atom. The quantitative estimate of drug-likeness (QED) is 0.403. The van der Waals surface area contributed by atoms with E-state index in [0.717, 1.165) is 29.5 Å². The van der Waals surface area contributed by atoms with Gasteiger partial charge in [0.15, 0.2) is 5.17 Å². The number of hydrazine groups is 2. The number of nitrogens with zero attached hydrogens (tertiary/aromatic N) is 2. The Morgan fingerprint density at radius 1 is 1.00 bits per heavy atom. The third-order valence-electron chi connectivity index (χ3n) is 3.37. The SMILES string of the molecule is O=S(=O)(O)c1ccc2c(NN3N=C(Cl)C=C(Cl)N3)cc(S(=O)(=O)O)cc2c1. The molecule has 0 unspecified atom stereocenters. The van der Waals surface area contributed by atoms with Crippen LogP contribution in [0.1, 0.15) is 0 Å². The number of rotatable bonds is 4. The second-order valence-electron chi connectivity index (χ2n) is 5.25. The first-order valence-corrected chi connectivity index (χ1v) is 10.5. The van der Waals surface area contributed by atoms with E-state index in [-0.39, 0.29) is 21.4 Å². The Hall–Kier alpha value is -2.09. The molecule has 0 spiro atoms. The lowest BCUT2D eigenvalue weighted by molar-refractivity contribution is 0.280. The van der Waals surface area contributed by atoms with Crippen LogP contribution in [0.5, 0.6) is 0 Å². The molecule has 10 nitrogen and oxygen atoms in total. The molecule has 1 aliphatic heterocycles. The predicted molar refractivity (Wildman–Crippen MR) is 99.4 cm³/mol. The lowest BCUT2D eigenvalue weighted by Gasteiger charge is -2.25. The highest BCUT2D eigenvalue weighted by Gasteiger charge is 2.18.